The van der Waals surface area contributed by atoms with Crippen LogP contribution in [0.15, 0.2) is 40.9 Å². The summed E-state index contributed by atoms with van der Waals surface area (Å²) in [4.78, 5) is 12.7. The van der Waals surface area contributed by atoms with E-state index < -0.39 is 0 Å². The Hall–Kier alpha value is -1.95. The first kappa shape index (κ1) is 16.5. The summed E-state index contributed by atoms with van der Waals surface area (Å²) in [5.41, 5.74) is 2.37. The molecule has 1 amide bonds. The van der Waals surface area contributed by atoms with Crippen LogP contribution in [0.3, 0.4) is 0 Å². The number of carbonyl (C=O) groups is 1. The molecule has 1 heterocycles. The van der Waals surface area contributed by atoms with Crippen molar-refractivity contribution in [3.8, 4) is 5.69 Å². The van der Waals surface area contributed by atoms with Crippen molar-refractivity contribution < 1.29 is 4.79 Å². The molecule has 1 unspecified atom stereocenters. The predicted octanol–water partition coefficient (Wildman–Crippen LogP) is 3.99. The van der Waals surface area contributed by atoms with Gasteiger partial charge in [-0.15, -0.1) is 5.10 Å². The minimum atomic E-state index is -0.0974. The van der Waals surface area contributed by atoms with Crippen molar-refractivity contribution >= 4 is 21.8 Å². The number of halogens is 1. The van der Waals surface area contributed by atoms with Crippen molar-refractivity contribution in [2.24, 2.45) is 5.92 Å². The normalized spacial score (nSPS) is 19.8. The molecule has 0 saturated heterocycles. The number of hydrogen-bond donors (Lipinski definition) is 1. The molecule has 0 aliphatic heterocycles. The fourth-order valence-electron chi connectivity index (χ4n) is 3.31. The summed E-state index contributed by atoms with van der Waals surface area (Å²) in [5.74, 6) is 0.816. The van der Waals surface area contributed by atoms with Gasteiger partial charge in [-0.1, -0.05) is 33.3 Å². The maximum Gasteiger partial charge on any atom is 0.273 e. The van der Waals surface area contributed by atoms with Gasteiger partial charge >= 0.3 is 0 Å². The van der Waals surface area contributed by atoms with Crippen molar-refractivity contribution in [2.45, 2.75) is 38.0 Å². The van der Waals surface area contributed by atoms with E-state index in [2.05, 4.69) is 43.7 Å². The van der Waals surface area contributed by atoms with Gasteiger partial charge in [0.2, 0.25) is 0 Å². The van der Waals surface area contributed by atoms with E-state index in [1.807, 2.05) is 28.9 Å². The topological polar surface area (TPSA) is 59.8 Å². The van der Waals surface area contributed by atoms with Crippen LogP contribution in [0, 0.1) is 5.92 Å². The van der Waals surface area contributed by atoms with Crippen LogP contribution in [0.25, 0.3) is 5.69 Å². The molecule has 1 N–H and O–H groups in total. The average Bonchev–Trinajstić information content (AvgIpc) is 3.39. The van der Waals surface area contributed by atoms with Gasteiger partial charge in [-0.25, -0.2) is 4.68 Å². The summed E-state index contributed by atoms with van der Waals surface area (Å²) in [6, 6.07) is 7.93. The second-order valence-electron chi connectivity index (χ2n) is 6.85. The van der Waals surface area contributed by atoms with Crippen LogP contribution < -0.4 is 5.32 Å². The number of aromatic nitrogens is 3. The lowest BCUT2D eigenvalue weighted by atomic mass is 9.94. The Balaban J connectivity index is 1.54. The van der Waals surface area contributed by atoms with E-state index in [0.717, 1.165) is 48.0 Å². The number of amides is 1. The number of rotatable bonds is 5. The van der Waals surface area contributed by atoms with Crippen molar-refractivity contribution in [1.29, 1.82) is 0 Å². The van der Waals surface area contributed by atoms with Gasteiger partial charge in [-0.2, -0.15) is 0 Å². The summed E-state index contributed by atoms with van der Waals surface area (Å²) >= 11 is 3.45. The highest BCUT2D eigenvalue weighted by Crippen LogP contribution is 2.42. The Labute approximate surface area is 155 Å². The van der Waals surface area contributed by atoms with Gasteiger partial charge < -0.3 is 5.32 Å². The van der Waals surface area contributed by atoms with E-state index in [1.165, 1.54) is 0 Å². The van der Waals surface area contributed by atoms with E-state index in [4.69, 9.17) is 0 Å². The molecule has 2 aliphatic carbocycles. The molecule has 0 radical (unpaired) electrons. The zero-order valence-electron chi connectivity index (χ0n) is 14.0. The zero-order chi connectivity index (χ0) is 17.2. The molecule has 0 spiro atoms. The number of carbonyl (C=O) groups excluding carboxylic acids is 1. The third-order valence-electron chi connectivity index (χ3n) is 4.88. The molecule has 5 nitrogen and oxygen atoms in total. The average molecular weight is 401 g/mol. The largest absolute Gasteiger partial charge is 0.350 e. The van der Waals surface area contributed by atoms with Gasteiger partial charge in [-0.3, -0.25) is 4.79 Å². The Bertz CT molecular complexity index is 792. The Morgan fingerprint density at radius 2 is 2.00 bits per heavy atom. The predicted molar refractivity (Wildman–Crippen MR) is 99.8 cm³/mol. The molecule has 6 heteroatoms. The number of nitrogens with one attached hydrogen (secondary N) is 1. The minimum absolute atomic E-state index is 0.0974. The molecular formula is C19H21BrN4O. The molecule has 130 valence electrons. The number of benzene rings is 1. The number of hydrogen-bond acceptors (Lipinski definition) is 3. The summed E-state index contributed by atoms with van der Waals surface area (Å²) in [5, 5.41) is 11.6. The van der Waals surface area contributed by atoms with Gasteiger partial charge in [0.25, 0.3) is 5.91 Å². The maximum absolute atomic E-state index is 12.7. The van der Waals surface area contributed by atoms with Crippen LogP contribution in [0.2, 0.25) is 0 Å². The minimum Gasteiger partial charge on any atom is -0.350 e. The molecule has 1 aromatic heterocycles. The van der Waals surface area contributed by atoms with Gasteiger partial charge in [0, 0.05) is 16.9 Å². The molecular weight excluding hydrogens is 380 g/mol. The molecule has 2 aliphatic rings. The second kappa shape index (κ2) is 7.12. The van der Waals surface area contributed by atoms with Crippen molar-refractivity contribution in [1.82, 2.24) is 20.3 Å². The Morgan fingerprint density at radius 3 is 2.68 bits per heavy atom. The van der Waals surface area contributed by atoms with Gasteiger partial charge in [-0.05, 0) is 62.3 Å². The SMILES string of the molecule is O=C(NCC1CC=CCC1)c1nnn(-c2ccc(Br)cc2)c1C1CC1. The first-order valence-corrected chi connectivity index (χ1v) is 9.66. The molecule has 4 rings (SSSR count). The van der Waals surface area contributed by atoms with E-state index in [9.17, 15) is 4.79 Å². The molecule has 0 bridgehead atoms. The number of nitrogens with zero attached hydrogens (tertiary/aromatic N) is 3. The van der Waals surface area contributed by atoms with Crippen molar-refractivity contribution in [2.75, 3.05) is 6.54 Å². The Kier molecular flexibility index (Phi) is 4.70. The summed E-state index contributed by atoms with van der Waals surface area (Å²) in [7, 11) is 0. The monoisotopic (exact) mass is 400 g/mol. The standard InChI is InChI=1S/C19H21BrN4O/c20-15-8-10-16(11-9-15)24-18(14-6-7-14)17(22-23-24)19(25)21-12-13-4-2-1-3-5-13/h1-2,8-11,13-14H,3-7,12H2,(H,21,25). The van der Waals surface area contributed by atoms with Crippen LogP contribution in [0.5, 0.6) is 0 Å². The lowest BCUT2D eigenvalue weighted by molar-refractivity contribution is 0.0940. The quantitative estimate of drug-likeness (QED) is 0.771. The summed E-state index contributed by atoms with van der Waals surface area (Å²) in [6.07, 6.45) is 9.90. The first-order valence-electron chi connectivity index (χ1n) is 8.87. The number of allylic oxidation sites excluding steroid dienone is 2. The fraction of sp³-hybridized carbons (Fsp3) is 0.421. The zero-order valence-corrected chi connectivity index (χ0v) is 15.6. The lowest BCUT2D eigenvalue weighted by Crippen LogP contribution is -2.30. The first-order chi connectivity index (χ1) is 12.2. The summed E-state index contributed by atoms with van der Waals surface area (Å²) < 4.78 is 2.84. The van der Waals surface area contributed by atoms with Crippen LogP contribution in [0.4, 0.5) is 0 Å². The van der Waals surface area contributed by atoms with Gasteiger partial charge in [0.05, 0.1) is 11.4 Å². The second-order valence-corrected chi connectivity index (χ2v) is 7.76. The smallest absolute Gasteiger partial charge is 0.273 e. The van der Waals surface area contributed by atoms with E-state index in [-0.39, 0.29) is 5.91 Å². The highest BCUT2D eigenvalue weighted by molar-refractivity contribution is 9.10. The third-order valence-corrected chi connectivity index (χ3v) is 5.41. The van der Waals surface area contributed by atoms with Crippen molar-refractivity contribution in [3.63, 3.8) is 0 Å². The highest BCUT2D eigenvalue weighted by Gasteiger charge is 2.34. The van der Waals surface area contributed by atoms with Crippen LogP contribution in [-0.2, 0) is 0 Å². The maximum atomic E-state index is 12.7. The van der Waals surface area contributed by atoms with E-state index in [1.54, 1.807) is 0 Å². The van der Waals surface area contributed by atoms with Crippen LogP contribution in [0.1, 0.15) is 54.2 Å². The molecule has 1 aromatic carbocycles. The lowest BCUT2D eigenvalue weighted by Gasteiger charge is -2.17. The molecule has 1 atom stereocenters. The van der Waals surface area contributed by atoms with Gasteiger partial charge in [0.1, 0.15) is 0 Å². The molecule has 1 saturated carbocycles. The highest BCUT2D eigenvalue weighted by atomic mass is 79.9. The Morgan fingerprint density at radius 1 is 1.20 bits per heavy atom. The molecule has 2 aromatic rings. The van der Waals surface area contributed by atoms with Crippen LogP contribution in [-0.4, -0.2) is 27.4 Å². The van der Waals surface area contributed by atoms with Crippen LogP contribution >= 0.6 is 15.9 Å². The molecule has 25 heavy (non-hydrogen) atoms. The molecule has 1 fully saturated rings. The van der Waals surface area contributed by atoms with Gasteiger partial charge in [0.15, 0.2) is 5.69 Å². The summed E-state index contributed by atoms with van der Waals surface area (Å²) in [6.45, 7) is 0.707. The van der Waals surface area contributed by atoms with E-state index in [0.29, 0.717) is 24.1 Å². The fourth-order valence-corrected chi connectivity index (χ4v) is 3.57. The third kappa shape index (κ3) is 3.68. The van der Waals surface area contributed by atoms with Crippen molar-refractivity contribution in [3.05, 3.63) is 52.3 Å². The van der Waals surface area contributed by atoms with E-state index >= 15 is 0 Å².